The normalized spacial score (nSPS) is 35.6. The molecule has 0 bridgehead atoms. The fraction of sp³-hybridized carbons (Fsp3) is 1.00. The van der Waals surface area contributed by atoms with Gasteiger partial charge >= 0.3 is 0 Å². The first-order chi connectivity index (χ1) is 6.78. The molecule has 2 atom stereocenters. The molecule has 0 amide bonds. The van der Waals surface area contributed by atoms with Crippen LogP contribution in [0.3, 0.4) is 0 Å². The van der Waals surface area contributed by atoms with Crippen molar-refractivity contribution in [1.29, 1.82) is 0 Å². The van der Waals surface area contributed by atoms with Gasteiger partial charge in [-0.2, -0.15) is 0 Å². The summed E-state index contributed by atoms with van der Waals surface area (Å²) < 4.78 is 0. The summed E-state index contributed by atoms with van der Waals surface area (Å²) in [7, 11) is 4.32. The van der Waals surface area contributed by atoms with Crippen molar-refractivity contribution >= 4 is 0 Å². The molecule has 0 saturated carbocycles. The van der Waals surface area contributed by atoms with Gasteiger partial charge in [0.1, 0.15) is 0 Å². The summed E-state index contributed by atoms with van der Waals surface area (Å²) in [6.07, 6.45) is 2.73. The lowest BCUT2D eigenvalue weighted by Crippen LogP contribution is -2.33. The van der Waals surface area contributed by atoms with Gasteiger partial charge in [0.2, 0.25) is 0 Å². The molecule has 0 aliphatic carbocycles. The Labute approximate surface area is 87.4 Å². The van der Waals surface area contributed by atoms with E-state index in [0.29, 0.717) is 0 Å². The first-order valence-electron chi connectivity index (χ1n) is 5.86. The maximum absolute atomic E-state index is 3.38. The lowest BCUT2D eigenvalue weighted by atomic mass is 10.1. The maximum atomic E-state index is 3.38. The summed E-state index contributed by atoms with van der Waals surface area (Å²) in [5.74, 6) is 0.926. The van der Waals surface area contributed by atoms with E-state index in [9.17, 15) is 0 Å². The standard InChI is InChI=1S/C11H23N3/c1-12-11-4-6-14(9-11)8-10-3-5-13(2)7-10/h10-12H,3-9H2,1-2H3. The van der Waals surface area contributed by atoms with Crippen molar-refractivity contribution < 1.29 is 0 Å². The summed E-state index contributed by atoms with van der Waals surface area (Å²) in [5, 5.41) is 3.38. The van der Waals surface area contributed by atoms with Crippen molar-refractivity contribution in [2.45, 2.75) is 18.9 Å². The quantitative estimate of drug-likeness (QED) is 0.699. The van der Waals surface area contributed by atoms with E-state index in [0.717, 1.165) is 12.0 Å². The largest absolute Gasteiger partial charge is 0.316 e. The van der Waals surface area contributed by atoms with Crippen LogP contribution in [0.15, 0.2) is 0 Å². The molecule has 3 nitrogen and oxygen atoms in total. The highest BCUT2D eigenvalue weighted by Gasteiger charge is 2.26. The van der Waals surface area contributed by atoms with Crippen LogP contribution in [0.5, 0.6) is 0 Å². The van der Waals surface area contributed by atoms with Crippen LogP contribution in [0, 0.1) is 5.92 Å². The van der Waals surface area contributed by atoms with Crippen molar-refractivity contribution in [2.24, 2.45) is 5.92 Å². The van der Waals surface area contributed by atoms with Crippen LogP contribution in [0.4, 0.5) is 0 Å². The first kappa shape index (κ1) is 10.4. The average Bonchev–Trinajstić information content (AvgIpc) is 2.76. The van der Waals surface area contributed by atoms with Crippen LogP contribution in [0.2, 0.25) is 0 Å². The van der Waals surface area contributed by atoms with Crippen LogP contribution >= 0.6 is 0 Å². The fourth-order valence-corrected chi connectivity index (χ4v) is 2.77. The van der Waals surface area contributed by atoms with Gasteiger partial charge in [-0.25, -0.2) is 0 Å². The maximum Gasteiger partial charge on any atom is 0.0204 e. The second-order valence-corrected chi connectivity index (χ2v) is 4.95. The molecule has 2 saturated heterocycles. The molecule has 0 aromatic heterocycles. The summed E-state index contributed by atoms with van der Waals surface area (Å²) in [6, 6.07) is 0.745. The van der Waals surface area contributed by atoms with Crippen molar-refractivity contribution in [3.05, 3.63) is 0 Å². The molecular weight excluding hydrogens is 174 g/mol. The van der Waals surface area contributed by atoms with Crippen LogP contribution in [0.1, 0.15) is 12.8 Å². The van der Waals surface area contributed by atoms with Crippen LogP contribution < -0.4 is 5.32 Å². The number of likely N-dealkylation sites (N-methyl/N-ethyl adjacent to an activating group) is 1. The van der Waals surface area contributed by atoms with E-state index in [1.165, 1.54) is 45.6 Å². The SMILES string of the molecule is CNC1CCN(CC2CCN(C)C2)C1. The molecule has 0 aromatic rings. The van der Waals surface area contributed by atoms with Crippen LogP contribution in [-0.2, 0) is 0 Å². The predicted octanol–water partition coefficient (Wildman–Crippen LogP) is 0.232. The molecule has 0 aromatic carbocycles. The van der Waals surface area contributed by atoms with Gasteiger partial charge in [0.15, 0.2) is 0 Å². The number of hydrogen-bond donors (Lipinski definition) is 1. The summed E-state index contributed by atoms with van der Waals surface area (Å²) in [4.78, 5) is 5.08. The third-order valence-corrected chi connectivity index (χ3v) is 3.69. The molecule has 0 spiro atoms. The average molecular weight is 197 g/mol. The van der Waals surface area contributed by atoms with E-state index in [1.54, 1.807) is 0 Å². The van der Waals surface area contributed by atoms with Gasteiger partial charge in [-0.3, -0.25) is 0 Å². The number of nitrogens with one attached hydrogen (secondary N) is 1. The molecule has 14 heavy (non-hydrogen) atoms. The molecule has 2 aliphatic heterocycles. The lowest BCUT2D eigenvalue weighted by molar-refractivity contribution is 0.270. The van der Waals surface area contributed by atoms with Gasteiger partial charge < -0.3 is 15.1 Å². The topological polar surface area (TPSA) is 18.5 Å². The molecule has 2 rings (SSSR count). The lowest BCUT2D eigenvalue weighted by Gasteiger charge is -2.20. The van der Waals surface area contributed by atoms with E-state index >= 15 is 0 Å². The molecule has 2 aliphatic rings. The molecular formula is C11H23N3. The van der Waals surface area contributed by atoms with E-state index < -0.39 is 0 Å². The number of nitrogens with zero attached hydrogens (tertiary/aromatic N) is 2. The zero-order chi connectivity index (χ0) is 9.97. The summed E-state index contributed by atoms with van der Waals surface area (Å²) in [6.45, 7) is 6.49. The second kappa shape index (κ2) is 4.60. The van der Waals surface area contributed by atoms with Gasteiger partial charge in [-0.05, 0) is 45.9 Å². The first-order valence-corrected chi connectivity index (χ1v) is 5.86. The molecule has 2 unspecified atom stereocenters. The molecule has 2 heterocycles. The van der Waals surface area contributed by atoms with Crippen molar-refractivity contribution in [2.75, 3.05) is 46.8 Å². The van der Waals surface area contributed by atoms with E-state index in [2.05, 4.69) is 29.2 Å². The highest BCUT2D eigenvalue weighted by atomic mass is 15.2. The molecule has 2 fully saturated rings. The highest BCUT2D eigenvalue weighted by Crippen LogP contribution is 2.18. The van der Waals surface area contributed by atoms with Gasteiger partial charge in [-0.1, -0.05) is 0 Å². The smallest absolute Gasteiger partial charge is 0.0204 e. The number of likely N-dealkylation sites (tertiary alicyclic amines) is 2. The van der Waals surface area contributed by atoms with Crippen LogP contribution in [0.25, 0.3) is 0 Å². The van der Waals surface area contributed by atoms with E-state index in [4.69, 9.17) is 0 Å². The Kier molecular flexibility index (Phi) is 3.42. The third-order valence-electron chi connectivity index (χ3n) is 3.69. The Balaban J connectivity index is 1.71. The Morgan fingerprint density at radius 3 is 2.64 bits per heavy atom. The summed E-state index contributed by atoms with van der Waals surface area (Å²) in [5.41, 5.74) is 0. The Bertz CT molecular complexity index is 183. The highest BCUT2D eigenvalue weighted by molar-refractivity contribution is 4.83. The van der Waals surface area contributed by atoms with Gasteiger partial charge in [-0.15, -0.1) is 0 Å². The van der Waals surface area contributed by atoms with Crippen molar-refractivity contribution in [1.82, 2.24) is 15.1 Å². The fourth-order valence-electron chi connectivity index (χ4n) is 2.77. The minimum Gasteiger partial charge on any atom is -0.316 e. The van der Waals surface area contributed by atoms with Crippen molar-refractivity contribution in [3.63, 3.8) is 0 Å². The Morgan fingerprint density at radius 2 is 2.07 bits per heavy atom. The minimum absolute atomic E-state index is 0.745. The predicted molar refractivity (Wildman–Crippen MR) is 59.5 cm³/mol. The Morgan fingerprint density at radius 1 is 1.21 bits per heavy atom. The van der Waals surface area contributed by atoms with Crippen molar-refractivity contribution in [3.8, 4) is 0 Å². The number of rotatable bonds is 3. The summed E-state index contributed by atoms with van der Waals surface area (Å²) >= 11 is 0. The zero-order valence-electron chi connectivity index (χ0n) is 9.50. The number of hydrogen-bond acceptors (Lipinski definition) is 3. The van der Waals surface area contributed by atoms with E-state index in [1.807, 2.05) is 0 Å². The molecule has 1 N–H and O–H groups in total. The van der Waals surface area contributed by atoms with E-state index in [-0.39, 0.29) is 0 Å². The zero-order valence-corrected chi connectivity index (χ0v) is 9.50. The second-order valence-electron chi connectivity index (χ2n) is 4.95. The molecule has 82 valence electrons. The molecule has 3 heteroatoms. The minimum atomic E-state index is 0.745. The molecule has 0 radical (unpaired) electrons. The van der Waals surface area contributed by atoms with Crippen LogP contribution in [-0.4, -0.2) is 62.7 Å². The van der Waals surface area contributed by atoms with Gasteiger partial charge in [0, 0.05) is 25.7 Å². The third kappa shape index (κ3) is 2.47. The van der Waals surface area contributed by atoms with Gasteiger partial charge in [0.25, 0.3) is 0 Å². The monoisotopic (exact) mass is 197 g/mol. The Hall–Kier alpha value is -0.120. The van der Waals surface area contributed by atoms with Gasteiger partial charge in [0.05, 0.1) is 0 Å².